The molecule has 1 rings (SSSR count). The van der Waals surface area contributed by atoms with Crippen molar-refractivity contribution in [3.05, 3.63) is 12.2 Å². The van der Waals surface area contributed by atoms with E-state index in [2.05, 4.69) is 57.9 Å². The van der Waals surface area contributed by atoms with Crippen molar-refractivity contribution in [1.82, 2.24) is 9.80 Å². The van der Waals surface area contributed by atoms with E-state index in [-0.39, 0.29) is 0 Å². The van der Waals surface area contributed by atoms with Crippen LogP contribution in [0.2, 0.25) is 0 Å². The van der Waals surface area contributed by atoms with E-state index in [1.807, 2.05) is 0 Å². The average molecular weight is 266 g/mol. The molecule has 1 aliphatic rings. The molecule has 1 saturated heterocycles. The van der Waals surface area contributed by atoms with Gasteiger partial charge in [-0.2, -0.15) is 0 Å². The molecule has 112 valence electrons. The van der Waals surface area contributed by atoms with Gasteiger partial charge in [-0.1, -0.05) is 39.8 Å². The molecular weight excluding hydrogens is 232 g/mol. The first kappa shape index (κ1) is 16.7. The summed E-state index contributed by atoms with van der Waals surface area (Å²) < 4.78 is 0. The highest BCUT2D eigenvalue weighted by Gasteiger charge is 2.30. The summed E-state index contributed by atoms with van der Waals surface area (Å²) in [7, 11) is 0. The lowest BCUT2D eigenvalue weighted by Crippen LogP contribution is -2.56. The van der Waals surface area contributed by atoms with Crippen LogP contribution in [0.25, 0.3) is 0 Å². The van der Waals surface area contributed by atoms with Gasteiger partial charge in [0, 0.05) is 31.7 Å². The molecule has 0 radical (unpaired) electrons. The number of nitrogens with zero attached hydrogens (tertiary/aromatic N) is 2. The van der Waals surface area contributed by atoms with E-state index < -0.39 is 0 Å². The minimum Gasteiger partial charge on any atom is -0.300 e. The normalized spacial score (nSPS) is 22.7. The third-order valence-electron chi connectivity index (χ3n) is 4.36. The third-order valence-corrected chi connectivity index (χ3v) is 4.36. The van der Waals surface area contributed by atoms with Gasteiger partial charge >= 0.3 is 0 Å². The molecule has 1 aliphatic heterocycles. The van der Waals surface area contributed by atoms with Crippen LogP contribution in [0.15, 0.2) is 12.2 Å². The first-order valence-corrected chi connectivity index (χ1v) is 7.99. The van der Waals surface area contributed by atoms with Gasteiger partial charge in [0.15, 0.2) is 0 Å². The van der Waals surface area contributed by atoms with Crippen molar-refractivity contribution in [1.29, 1.82) is 0 Å². The first-order chi connectivity index (χ1) is 8.82. The molecule has 0 bridgehead atoms. The highest BCUT2D eigenvalue weighted by molar-refractivity contribution is 5.11. The van der Waals surface area contributed by atoms with Gasteiger partial charge in [0.2, 0.25) is 0 Å². The zero-order valence-corrected chi connectivity index (χ0v) is 13.9. The minimum absolute atomic E-state index is 0.543. The summed E-state index contributed by atoms with van der Waals surface area (Å²) in [5.74, 6) is 1.38. The lowest BCUT2D eigenvalue weighted by atomic mass is 9.93. The first-order valence-electron chi connectivity index (χ1n) is 7.99. The molecule has 2 heteroatoms. The zero-order valence-electron chi connectivity index (χ0n) is 13.9. The van der Waals surface area contributed by atoms with Crippen molar-refractivity contribution in [2.24, 2.45) is 11.8 Å². The summed E-state index contributed by atoms with van der Waals surface area (Å²) in [4.78, 5) is 5.27. The Hall–Kier alpha value is -0.340. The fraction of sp³-hybridized carbons (Fsp3) is 0.882. The molecule has 0 unspecified atom stereocenters. The lowest BCUT2D eigenvalue weighted by Gasteiger charge is -2.45. The second-order valence-electron chi connectivity index (χ2n) is 7.06. The molecule has 1 heterocycles. The standard InChI is InChI=1S/C17H34N2/c1-13(2)8-9-18-10-11-19(15(5)6)17(12-18)16(7)14(3)4/h13-15,17H,7-12H2,1-6H3/t17-/m0/s1. The Kier molecular flexibility index (Phi) is 6.55. The van der Waals surface area contributed by atoms with E-state index in [1.54, 1.807) is 0 Å². The molecule has 0 aromatic heterocycles. The molecule has 0 saturated carbocycles. The Balaban J connectivity index is 2.66. The number of rotatable bonds is 6. The maximum atomic E-state index is 4.37. The summed E-state index contributed by atoms with van der Waals surface area (Å²) in [5, 5.41) is 0. The SMILES string of the molecule is C=C(C(C)C)[C@@H]1CN(CCC(C)C)CCN1C(C)C. The van der Waals surface area contributed by atoms with Crippen molar-refractivity contribution >= 4 is 0 Å². The van der Waals surface area contributed by atoms with Crippen LogP contribution in [0, 0.1) is 11.8 Å². The van der Waals surface area contributed by atoms with E-state index in [9.17, 15) is 0 Å². The molecule has 1 fully saturated rings. The Bertz CT molecular complexity index is 281. The Morgan fingerprint density at radius 3 is 2.21 bits per heavy atom. The fourth-order valence-electron chi connectivity index (χ4n) is 2.83. The summed E-state index contributed by atoms with van der Waals surface area (Å²) in [5.41, 5.74) is 1.41. The molecule has 0 aliphatic carbocycles. The van der Waals surface area contributed by atoms with Crippen LogP contribution in [-0.4, -0.2) is 48.1 Å². The quantitative estimate of drug-likeness (QED) is 0.677. The van der Waals surface area contributed by atoms with Crippen molar-refractivity contribution < 1.29 is 0 Å². The maximum absolute atomic E-state index is 4.37. The molecule has 0 aromatic rings. The highest BCUT2D eigenvalue weighted by atomic mass is 15.3. The molecular formula is C17H34N2. The molecule has 0 aromatic carbocycles. The van der Waals surface area contributed by atoms with Crippen molar-refractivity contribution in [3.63, 3.8) is 0 Å². The molecule has 0 N–H and O–H groups in total. The van der Waals surface area contributed by atoms with Gasteiger partial charge in [0.1, 0.15) is 0 Å². The van der Waals surface area contributed by atoms with Crippen LogP contribution in [0.1, 0.15) is 48.0 Å². The molecule has 0 amide bonds. The molecule has 2 nitrogen and oxygen atoms in total. The summed E-state index contributed by atoms with van der Waals surface area (Å²) >= 11 is 0. The topological polar surface area (TPSA) is 6.48 Å². The molecule has 1 atom stereocenters. The van der Waals surface area contributed by atoms with Crippen LogP contribution in [0.4, 0.5) is 0 Å². The lowest BCUT2D eigenvalue weighted by molar-refractivity contribution is 0.0624. The van der Waals surface area contributed by atoms with Gasteiger partial charge in [-0.05, 0) is 38.6 Å². The second kappa shape index (κ2) is 7.44. The van der Waals surface area contributed by atoms with Gasteiger partial charge in [-0.3, -0.25) is 4.90 Å². The van der Waals surface area contributed by atoms with E-state index in [4.69, 9.17) is 0 Å². The molecule has 0 spiro atoms. The van der Waals surface area contributed by atoms with E-state index in [0.29, 0.717) is 18.0 Å². The third kappa shape index (κ3) is 4.92. The predicted octanol–water partition coefficient (Wildman–Crippen LogP) is 3.64. The smallest absolute Gasteiger partial charge is 0.0438 e. The maximum Gasteiger partial charge on any atom is 0.0438 e. The second-order valence-corrected chi connectivity index (χ2v) is 7.06. The Morgan fingerprint density at radius 1 is 1.11 bits per heavy atom. The van der Waals surface area contributed by atoms with Crippen LogP contribution >= 0.6 is 0 Å². The van der Waals surface area contributed by atoms with E-state index in [0.717, 1.165) is 5.92 Å². The predicted molar refractivity (Wildman–Crippen MR) is 85.5 cm³/mol. The van der Waals surface area contributed by atoms with Crippen molar-refractivity contribution in [3.8, 4) is 0 Å². The van der Waals surface area contributed by atoms with Crippen molar-refractivity contribution in [2.45, 2.75) is 60.0 Å². The monoisotopic (exact) mass is 266 g/mol. The minimum atomic E-state index is 0.543. The van der Waals surface area contributed by atoms with E-state index >= 15 is 0 Å². The van der Waals surface area contributed by atoms with Gasteiger partial charge in [-0.25, -0.2) is 0 Å². The Morgan fingerprint density at radius 2 is 1.74 bits per heavy atom. The highest BCUT2D eigenvalue weighted by Crippen LogP contribution is 2.23. The Labute approximate surface area is 120 Å². The van der Waals surface area contributed by atoms with Gasteiger partial charge < -0.3 is 4.90 Å². The number of hydrogen-bond acceptors (Lipinski definition) is 2. The van der Waals surface area contributed by atoms with Gasteiger partial charge in [0.05, 0.1) is 0 Å². The number of piperazine rings is 1. The summed E-state index contributed by atoms with van der Waals surface area (Å²) in [6.07, 6.45) is 1.31. The largest absolute Gasteiger partial charge is 0.300 e. The van der Waals surface area contributed by atoms with Crippen LogP contribution in [0.3, 0.4) is 0 Å². The van der Waals surface area contributed by atoms with Crippen LogP contribution in [0.5, 0.6) is 0 Å². The van der Waals surface area contributed by atoms with Crippen LogP contribution < -0.4 is 0 Å². The van der Waals surface area contributed by atoms with Gasteiger partial charge in [0.25, 0.3) is 0 Å². The van der Waals surface area contributed by atoms with Gasteiger partial charge in [-0.15, -0.1) is 0 Å². The summed E-state index contributed by atoms with van der Waals surface area (Å²) in [6, 6.07) is 1.16. The number of hydrogen-bond donors (Lipinski definition) is 0. The fourth-order valence-corrected chi connectivity index (χ4v) is 2.83. The zero-order chi connectivity index (χ0) is 14.6. The van der Waals surface area contributed by atoms with Crippen molar-refractivity contribution in [2.75, 3.05) is 26.2 Å². The molecule has 19 heavy (non-hydrogen) atoms. The average Bonchev–Trinajstić information content (AvgIpc) is 2.34. The van der Waals surface area contributed by atoms with Crippen LogP contribution in [-0.2, 0) is 0 Å². The van der Waals surface area contributed by atoms with E-state index in [1.165, 1.54) is 38.2 Å². The summed E-state index contributed by atoms with van der Waals surface area (Å²) in [6.45, 7) is 23.0.